The largest absolute Gasteiger partial charge is 0.497 e. The molecule has 0 saturated heterocycles. The van der Waals surface area contributed by atoms with Gasteiger partial charge in [-0.3, -0.25) is 4.68 Å². The Labute approximate surface area is 128 Å². The van der Waals surface area contributed by atoms with Gasteiger partial charge in [0.1, 0.15) is 11.5 Å². The molecule has 0 unspecified atom stereocenters. The smallest absolute Gasteiger partial charge is 0.356 e. The number of carboxylic acid groups (broad SMARTS) is 1. The highest BCUT2D eigenvalue weighted by Crippen LogP contribution is 2.25. The molecular formula is C15H19N3O4. The summed E-state index contributed by atoms with van der Waals surface area (Å²) in [6.07, 6.45) is 1.51. The van der Waals surface area contributed by atoms with Crippen LogP contribution in [0.1, 0.15) is 23.0 Å². The van der Waals surface area contributed by atoms with Gasteiger partial charge in [-0.25, -0.2) is 4.79 Å². The number of hydrogen-bond donors (Lipinski definition) is 2. The van der Waals surface area contributed by atoms with Gasteiger partial charge in [0.15, 0.2) is 5.69 Å². The fourth-order valence-corrected chi connectivity index (χ4v) is 2.19. The summed E-state index contributed by atoms with van der Waals surface area (Å²) < 4.78 is 11.9. The molecule has 118 valence electrons. The first kappa shape index (κ1) is 15.7. The van der Waals surface area contributed by atoms with Crippen molar-refractivity contribution < 1.29 is 19.4 Å². The molecule has 7 nitrogen and oxygen atoms in total. The number of aromatic carboxylic acids is 1. The van der Waals surface area contributed by atoms with Gasteiger partial charge in [-0.1, -0.05) is 0 Å². The van der Waals surface area contributed by atoms with Crippen molar-refractivity contribution in [2.75, 3.05) is 19.5 Å². The van der Waals surface area contributed by atoms with E-state index in [0.29, 0.717) is 30.3 Å². The second kappa shape index (κ2) is 6.84. The Bertz CT molecular complexity index is 667. The SMILES string of the molecule is CCn1ncc(NCc2cc(OC)ccc2OC)c1C(=O)O. The maximum absolute atomic E-state index is 11.4. The second-order valence-corrected chi connectivity index (χ2v) is 4.56. The zero-order valence-electron chi connectivity index (χ0n) is 12.8. The molecule has 0 aliphatic heterocycles. The first-order valence-corrected chi connectivity index (χ1v) is 6.84. The first-order valence-electron chi connectivity index (χ1n) is 6.84. The molecule has 0 radical (unpaired) electrons. The Morgan fingerprint density at radius 2 is 2.14 bits per heavy atom. The summed E-state index contributed by atoms with van der Waals surface area (Å²) in [5, 5.41) is 16.5. The molecule has 0 aliphatic carbocycles. The topological polar surface area (TPSA) is 85.6 Å². The number of carbonyl (C=O) groups is 1. The van der Waals surface area contributed by atoms with Crippen LogP contribution in [0.15, 0.2) is 24.4 Å². The van der Waals surface area contributed by atoms with Crippen LogP contribution in [0.5, 0.6) is 11.5 Å². The Kier molecular flexibility index (Phi) is 4.88. The number of nitrogens with zero attached hydrogens (tertiary/aromatic N) is 2. The molecule has 2 aromatic rings. The van der Waals surface area contributed by atoms with Crippen LogP contribution in [0.2, 0.25) is 0 Å². The highest BCUT2D eigenvalue weighted by molar-refractivity contribution is 5.92. The number of anilines is 1. The van der Waals surface area contributed by atoms with Gasteiger partial charge < -0.3 is 19.9 Å². The normalized spacial score (nSPS) is 10.3. The Hall–Kier alpha value is -2.70. The second-order valence-electron chi connectivity index (χ2n) is 4.56. The first-order chi connectivity index (χ1) is 10.6. The summed E-state index contributed by atoms with van der Waals surface area (Å²) in [6.45, 7) is 2.73. The van der Waals surface area contributed by atoms with Crippen molar-refractivity contribution in [1.82, 2.24) is 9.78 Å². The van der Waals surface area contributed by atoms with Crippen molar-refractivity contribution in [2.45, 2.75) is 20.0 Å². The van der Waals surface area contributed by atoms with E-state index in [0.717, 1.165) is 5.56 Å². The quantitative estimate of drug-likeness (QED) is 0.816. The molecule has 7 heteroatoms. The lowest BCUT2D eigenvalue weighted by atomic mass is 10.2. The Morgan fingerprint density at radius 1 is 1.36 bits per heavy atom. The number of ether oxygens (including phenoxy) is 2. The molecule has 1 aromatic carbocycles. The summed E-state index contributed by atoms with van der Waals surface area (Å²) >= 11 is 0. The van der Waals surface area contributed by atoms with Crippen molar-refractivity contribution in [3.63, 3.8) is 0 Å². The van der Waals surface area contributed by atoms with E-state index in [9.17, 15) is 9.90 Å². The van der Waals surface area contributed by atoms with E-state index in [4.69, 9.17) is 9.47 Å². The van der Waals surface area contributed by atoms with Gasteiger partial charge in [0.25, 0.3) is 0 Å². The predicted molar refractivity (Wildman–Crippen MR) is 81.7 cm³/mol. The molecule has 0 amide bonds. The number of methoxy groups -OCH3 is 2. The molecular weight excluding hydrogens is 286 g/mol. The van der Waals surface area contributed by atoms with Crippen molar-refractivity contribution in [3.05, 3.63) is 35.7 Å². The van der Waals surface area contributed by atoms with Crippen LogP contribution in [0.25, 0.3) is 0 Å². The van der Waals surface area contributed by atoms with Crippen LogP contribution in [0.4, 0.5) is 5.69 Å². The average Bonchev–Trinajstić information content (AvgIpc) is 2.95. The van der Waals surface area contributed by atoms with Crippen molar-refractivity contribution in [3.8, 4) is 11.5 Å². The lowest BCUT2D eigenvalue weighted by Crippen LogP contribution is -2.11. The minimum absolute atomic E-state index is 0.143. The lowest BCUT2D eigenvalue weighted by Gasteiger charge is -2.12. The molecule has 0 atom stereocenters. The molecule has 0 fully saturated rings. The molecule has 1 heterocycles. The third kappa shape index (κ3) is 3.13. The van der Waals surface area contributed by atoms with Gasteiger partial charge in [0.2, 0.25) is 0 Å². The fourth-order valence-electron chi connectivity index (χ4n) is 2.19. The third-order valence-electron chi connectivity index (χ3n) is 3.30. The van der Waals surface area contributed by atoms with E-state index in [1.54, 1.807) is 20.3 Å². The maximum atomic E-state index is 11.4. The van der Waals surface area contributed by atoms with Crippen molar-refractivity contribution >= 4 is 11.7 Å². The minimum Gasteiger partial charge on any atom is -0.497 e. The number of benzene rings is 1. The minimum atomic E-state index is -1.01. The van der Waals surface area contributed by atoms with Gasteiger partial charge in [-0.2, -0.15) is 5.10 Å². The number of carboxylic acids is 1. The Balaban J connectivity index is 2.23. The molecule has 0 bridgehead atoms. The zero-order valence-corrected chi connectivity index (χ0v) is 12.8. The van der Waals surface area contributed by atoms with E-state index in [1.807, 2.05) is 19.1 Å². The lowest BCUT2D eigenvalue weighted by molar-refractivity contribution is 0.0684. The highest BCUT2D eigenvalue weighted by atomic mass is 16.5. The predicted octanol–water partition coefficient (Wildman–Crippen LogP) is 2.23. The monoisotopic (exact) mass is 305 g/mol. The number of hydrogen-bond acceptors (Lipinski definition) is 5. The van der Waals surface area contributed by atoms with Crippen LogP contribution in [0.3, 0.4) is 0 Å². The van der Waals surface area contributed by atoms with E-state index >= 15 is 0 Å². The van der Waals surface area contributed by atoms with Gasteiger partial charge in [-0.15, -0.1) is 0 Å². The summed E-state index contributed by atoms with van der Waals surface area (Å²) in [5.74, 6) is 0.396. The van der Waals surface area contributed by atoms with E-state index in [1.165, 1.54) is 10.9 Å². The van der Waals surface area contributed by atoms with E-state index in [-0.39, 0.29) is 5.69 Å². The summed E-state index contributed by atoms with van der Waals surface area (Å²) in [7, 11) is 3.18. The van der Waals surface area contributed by atoms with Crippen LogP contribution in [0, 0.1) is 0 Å². The standard InChI is InChI=1S/C15H19N3O4/c1-4-18-14(15(19)20)12(9-17-18)16-8-10-7-11(21-2)5-6-13(10)22-3/h5-7,9,16H,4,8H2,1-3H3,(H,19,20). The number of aromatic nitrogens is 2. The van der Waals surface area contributed by atoms with Gasteiger partial charge in [0, 0.05) is 18.7 Å². The molecule has 2 N–H and O–H groups in total. The zero-order chi connectivity index (χ0) is 16.1. The van der Waals surface area contributed by atoms with Crippen LogP contribution in [-0.4, -0.2) is 35.1 Å². The molecule has 0 aliphatic rings. The number of rotatable bonds is 7. The molecule has 22 heavy (non-hydrogen) atoms. The Morgan fingerprint density at radius 3 is 2.73 bits per heavy atom. The van der Waals surface area contributed by atoms with Crippen molar-refractivity contribution in [1.29, 1.82) is 0 Å². The molecule has 0 spiro atoms. The van der Waals surface area contributed by atoms with Crippen LogP contribution >= 0.6 is 0 Å². The van der Waals surface area contributed by atoms with Gasteiger partial charge in [-0.05, 0) is 25.1 Å². The molecule has 0 saturated carbocycles. The van der Waals surface area contributed by atoms with Gasteiger partial charge >= 0.3 is 5.97 Å². The third-order valence-corrected chi connectivity index (χ3v) is 3.30. The van der Waals surface area contributed by atoms with Gasteiger partial charge in [0.05, 0.1) is 26.1 Å². The van der Waals surface area contributed by atoms with E-state index in [2.05, 4.69) is 10.4 Å². The number of aryl methyl sites for hydroxylation is 1. The average molecular weight is 305 g/mol. The molecule has 2 rings (SSSR count). The highest BCUT2D eigenvalue weighted by Gasteiger charge is 2.17. The fraction of sp³-hybridized carbons (Fsp3) is 0.333. The summed E-state index contributed by atoms with van der Waals surface area (Å²) in [6, 6.07) is 5.46. The molecule has 1 aromatic heterocycles. The van der Waals surface area contributed by atoms with E-state index < -0.39 is 5.97 Å². The van der Waals surface area contributed by atoms with Crippen molar-refractivity contribution in [2.24, 2.45) is 0 Å². The van der Waals surface area contributed by atoms with Crippen LogP contribution < -0.4 is 14.8 Å². The number of nitrogens with one attached hydrogen (secondary N) is 1. The summed E-state index contributed by atoms with van der Waals surface area (Å²) in [4.78, 5) is 11.4. The maximum Gasteiger partial charge on any atom is 0.356 e. The summed E-state index contributed by atoms with van der Waals surface area (Å²) in [5.41, 5.74) is 1.48. The van der Waals surface area contributed by atoms with Crippen LogP contribution in [-0.2, 0) is 13.1 Å².